The molecule has 1 N–H and O–H groups in total. The SMILES string of the molecule is CCCNC(C)c1ccc(Sc2ccc(Br)cc2)nc1. The number of benzene rings is 1. The third kappa shape index (κ3) is 4.62. The Bertz CT molecular complexity index is 525. The molecule has 0 aliphatic carbocycles. The van der Waals surface area contributed by atoms with Gasteiger partial charge in [0, 0.05) is 21.6 Å². The Balaban J connectivity index is 1.99. The van der Waals surface area contributed by atoms with Crippen molar-refractivity contribution in [2.75, 3.05) is 6.54 Å². The lowest BCUT2D eigenvalue weighted by molar-refractivity contribution is 0.568. The largest absolute Gasteiger partial charge is 0.310 e. The van der Waals surface area contributed by atoms with Crippen LogP contribution < -0.4 is 5.32 Å². The molecule has 106 valence electrons. The molecule has 0 aliphatic heterocycles. The van der Waals surface area contributed by atoms with Gasteiger partial charge in [0.15, 0.2) is 0 Å². The average Bonchev–Trinajstić information content (AvgIpc) is 2.48. The maximum absolute atomic E-state index is 4.54. The third-order valence-corrected chi connectivity index (χ3v) is 4.48. The number of aromatic nitrogens is 1. The molecule has 1 atom stereocenters. The van der Waals surface area contributed by atoms with Gasteiger partial charge in [-0.3, -0.25) is 0 Å². The van der Waals surface area contributed by atoms with E-state index in [-0.39, 0.29) is 0 Å². The zero-order valence-corrected chi connectivity index (χ0v) is 14.2. The molecule has 20 heavy (non-hydrogen) atoms. The van der Waals surface area contributed by atoms with Crippen molar-refractivity contribution in [3.05, 3.63) is 52.6 Å². The highest BCUT2D eigenvalue weighted by atomic mass is 79.9. The van der Waals surface area contributed by atoms with Gasteiger partial charge < -0.3 is 5.32 Å². The van der Waals surface area contributed by atoms with Crippen molar-refractivity contribution in [3.8, 4) is 0 Å². The van der Waals surface area contributed by atoms with Crippen LogP contribution in [0.4, 0.5) is 0 Å². The highest BCUT2D eigenvalue weighted by Gasteiger charge is 2.05. The van der Waals surface area contributed by atoms with E-state index in [1.165, 1.54) is 10.5 Å². The van der Waals surface area contributed by atoms with Gasteiger partial charge in [0.25, 0.3) is 0 Å². The maximum Gasteiger partial charge on any atom is 0.101 e. The lowest BCUT2D eigenvalue weighted by Gasteiger charge is -2.13. The fourth-order valence-electron chi connectivity index (χ4n) is 1.81. The van der Waals surface area contributed by atoms with Gasteiger partial charge in [0.2, 0.25) is 0 Å². The first kappa shape index (κ1) is 15.5. The van der Waals surface area contributed by atoms with Crippen molar-refractivity contribution in [3.63, 3.8) is 0 Å². The molecule has 0 fully saturated rings. The second kappa shape index (κ2) is 7.81. The van der Waals surface area contributed by atoms with Gasteiger partial charge in [-0.15, -0.1) is 0 Å². The average molecular weight is 351 g/mol. The van der Waals surface area contributed by atoms with E-state index in [4.69, 9.17) is 0 Å². The quantitative estimate of drug-likeness (QED) is 0.788. The Kier molecular flexibility index (Phi) is 6.07. The van der Waals surface area contributed by atoms with Crippen LogP contribution in [0.25, 0.3) is 0 Å². The minimum atomic E-state index is 0.356. The third-order valence-electron chi connectivity index (χ3n) is 3.00. The lowest BCUT2D eigenvalue weighted by Crippen LogP contribution is -2.19. The molecule has 0 aliphatic rings. The fraction of sp³-hybridized carbons (Fsp3) is 0.312. The Morgan fingerprint density at radius 1 is 1.20 bits per heavy atom. The van der Waals surface area contributed by atoms with Crippen LogP contribution in [0.2, 0.25) is 0 Å². The first-order valence-electron chi connectivity index (χ1n) is 6.82. The normalized spacial score (nSPS) is 12.3. The molecule has 4 heteroatoms. The molecule has 1 aromatic carbocycles. The van der Waals surface area contributed by atoms with Crippen molar-refractivity contribution in [2.45, 2.75) is 36.2 Å². The molecular weight excluding hydrogens is 332 g/mol. The monoisotopic (exact) mass is 350 g/mol. The minimum Gasteiger partial charge on any atom is -0.310 e. The molecule has 1 heterocycles. The number of hydrogen-bond donors (Lipinski definition) is 1. The van der Waals surface area contributed by atoms with Crippen LogP contribution in [0.5, 0.6) is 0 Å². The van der Waals surface area contributed by atoms with E-state index in [0.717, 1.165) is 22.5 Å². The van der Waals surface area contributed by atoms with Gasteiger partial charge in [-0.1, -0.05) is 40.7 Å². The Hall–Kier alpha value is -0.840. The molecule has 1 unspecified atom stereocenters. The van der Waals surface area contributed by atoms with E-state index in [9.17, 15) is 0 Å². The Morgan fingerprint density at radius 3 is 2.55 bits per heavy atom. The number of rotatable bonds is 6. The zero-order valence-electron chi connectivity index (χ0n) is 11.8. The first-order chi connectivity index (χ1) is 9.69. The summed E-state index contributed by atoms with van der Waals surface area (Å²) in [6.07, 6.45) is 3.11. The Labute approximate surface area is 133 Å². The molecule has 0 amide bonds. The predicted molar refractivity (Wildman–Crippen MR) is 89.2 cm³/mol. The van der Waals surface area contributed by atoms with Gasteiger partial charge >= 0.3 is 0 Å². The van der Waals surface area contributed by atoms with E-state index in [1.54, 1.807) is 11.8 Å². The molecule has 2 aromatic rings. The van der Waals surface area contributed by atoms with Crippen LogP contribution in [0, 0.1) is 0 Å². The van der Waals surface area contributed by atoms with E-state index < -0.39 is 0 Å². The van der Waals surface area contributed by atoms with Crippen LogP contribution in [0.3, 0.4) is 0 Å². The zero-order chi connectivity index (χ0) is 14.4. The second-order valence-corrected chi connectivity index (χ2v) is 6.67. The summed E-state index contributed by atoms with van der Waals surface area (Å²) in [6, 6.07) is 12.9. The van der Waals surface area contributed by atoms with E-state index >= 15 is 0 Å². The summed E-state index contributed by atoms with van der Waals surface area (Å²) < 4.78 is 1.10. The summed E-state index contributed by atoms with van der Waals surface area (Å²) in [5.41, 5.74) is 1.23. The molecule has 0 bridgehead atoms. The number of pyridine rings is 1. The molecule has 2 nitrogen and oxygen atoms in total. The molecule has 0 saturated heterocycles. The topological polar surface area (TPSA) is 24.9 Å². The molecule has 0 spiro atoms. The van der Waals surface area contributed by atoms with E-state index in [0.29, 0.717) is 6.04 Å². The fourth-order valence-corrected chi connectivity index (χ4v) is 2.83. The van der Waals surface area contributed by atoms with Crippen LogP contribution in [0.15, 0.2) is 57.0 Å². The van der Waals surface area contributed by atoms with Gasteiger partial charge in [0.1, 0.15) is 5.03 Å². The Morgan fingerprint density at radius 2 is 1.95 bits per heavy atom. The smallest absolute Gasteiger partial charge is 0.101 e. The van der Waals surface area contributed by atoms with Crippen LogP contribution in [0.1, 0.15) is 31.9 Å². The van der Waals surface area contributed by atoms with Crippen molar-refractivity contribution >= 4 is 27.7 Å². The molecule has 0 saturated carbocycles. The van der Waals surface area contributed by atoms with Crippen molar-refractivity contribution < 1.29 is 0 Å². The van der Waals surface area contributed by atoms with Crippen LogP contribution in [-0.4, -0.2) is 11.5 Å². The van der Waals surface area contributed by atoms with Gasteiger partial charge in [-0.2, -0.15) is 0 Å². The van der Waals surface area contributed by atoms with Crippen LogP contribution >= 0.6 is 27.7 Å². The van der Waals surface area contributed by atoms with Gasteiger partial charge in [-0.25, -0.2) is 4.98 Å². The molecular formula is C16H19BrN2S. The summed E-state index contributed by atoms with van der Waals surface area (Å²) in [5.74, 6) is 0. The first-order valence-corrected chi connectivity index (χ1v) is 8.42. The number of nitrogens with zero attached hydrogens (tertiary/aromatic N) is 1. The maximum atomic E-state index is 4.54. The predicted octanol–water partition coefficient (Wildman–Crippen LogP) is 5.06. The van der Waals surface area contributed by atoms with Gasteiger partial charge in [-0.05, 0) is 55.8 Å². The molecule has 1 aromatic heterocycles. The summed E-state index contributed by atoms with van der Waals surface area (Å²) in [5, 5.41) is 4.50. The molecule has 0 radical (unpaired) electrons. The second-order valence-electron chi connectivity index (χ2n) is 4.66. The van der Waals surface area contributed by atoms with Crippen LogP contribution in [-0.2, 0) is 0 Å². The highest BCUT2D eigenvalue weighted by Crippen LogP contribution is 2.27. The van der Waals surface area contributed by atoms with Crippen molar-refractivity contribution in [1.82, 2.24) is 10.3 Å². The minimum absolute atomic E-state index is 0.356. The van der Waals surface area contributed by atoms with E-state index in [1.807, 2.05) is 18.3 Å². The van der Waals surface area contributed by atoms with Gasteiger partial charge in [0.05, 0.1) is 0 Å². The van der Waals surface area contributed by atoms with E-state index in [2.05, 4.69) is 64.3 Å². The number of hydrogen-bond acceptors (Lipinski definition) is 3. The van der Waals surface area contributed by atoms with Crippen molar-refractivity contribution in [2.24, 2.45) is 0 Å². The summed E-state index contributed by atoms with van der Waals surface area (Å²) in [4.78, 5) is 5.74. The number of nitrogens with one attached hydrogen (secondary N) is 1. The lowest BCUT2D eigenvalue weighted by atomic mass is 10.1. The summed E-state index contributed by atoms with van der Waals surface area (Å²) >= 11 is 5.13. The highest BCUT2D eigenvalue weighted by molar-refractivity contribution is 9.10. The summed E-state index contributed by atoms with van der Waals surface area (Å²) in [6.45, 7) is 5.39. The molecule has 2 rings (SSSR count). The number of halogens is 1. The summed E-state index contributed by atoms with van der Waals surface area (Å²) in [7, 11) is 0. The standard InChI is InChI=1S/C16H19BrN2S/c1-3-10-18-12(2)13-4-9-16(19-11-13)20-15-7-5-14(17)6-8-15/h4-9,11-12,18H,3,10H2,1-2H3. The van der Waals surface area contributed by atoms with Crippen molar-refractivity contribution in [1.29, 1.82) is 0 Å².